The quantitative estimate of drug-likeness (QED) is 0.452. The molecule has 0 spiro atoms. The van der Waals surface area contributed by atoms with E-state index in [0.29, 0.717) is 13.0 Å². The standard InChI is InChI=1S/C6H13N3O2/c1-4-9(5-10)6(11)8(3)7-2/h5,7H,4H2,1-3H3. The Balaban J connectivity index is 4.08. The molecule has 0 atom stereocenters. The van der Waals surface area contributed by atoms with Crippen molar-refractivity contribution in [2.45, 2.75) is 6.92 Å². The summed E-state index contributed by atoms with van der Waals surface area (Å²) >= 11 is 0. The van der Waals surface area contributed by atoms with Crippen LogP contribution in [0, 0.1) is 0 Å². The first-order chi connectivity index (χ1) is 5.17. The van der Waals surface area contributed by atoms with Gasteiger partial charge in [0.15, 0.2) is 0 Å². The third kappa shape index (κ3) is 2.55. The number of hydrogen-bond acceptors (Lipinski definition) is 3. The number of nitrogens with one attached hydrogen (secondary N) is 1. The predicted molar refractivity (Wildman–Crippen MR) is 40.7 cm³/mol. The molecule has 0 aromatic carbocycles. The molecule has 0 aliphatic heterocycles. The van der Waals surface area contributed by atoms with Gasteiger partial charge in [-0.05, 0) is 6.92 Å². The van der Waals surface area contributed by atoms with Crippen LogP contribution in [0.5, 0.6) is 0 Å². The molecule has 0 rings (SSSR count). The molecule has 0 aliphatic carbocycles. The van der Waals surface area contributed by atoms with Crippen LogP contribution in [-0.2, 0) is 4.79 Å². The largest absolute Gasteiger partial charge is 0.340 e. The number of urea groups is 1. The third-order valence-electron chi connectivity index (χ3n) is 1.34. The van der Waals surface area contributed by atoms with Gasteiger partial charge in [-0.15, -0.1) is 0 Å². The van der Waals surface area contributed by atoms with Crippen LogP contribution in [0.25, 0.3) is 0 Å². The Kier molecular flexibility index (Phi) is 4.21. The van der Waals surface area contributed by atoms with Gasteiger partial charge in [-0.25, -0.2) is 10.2 Å². The highest BCUT2D eigenvalue weighted by Gasteiger charge is 2.13. The molecule has 0 radical (unpaired) electrons. The molecule has 0 fully saturated rings. The summed E-state index contributed by atoms with van der Waals surface area (Å²) in [5.74, 6) is 0. The van der Waals surface area contributed by atoms with Crippen LogP contribution >= 0.6 is 0 Å². The summed E-state index contributed by atoms with van der Waals surface area (Å²) < 4.78 is 0. The van der Waals surface area contributed by atoms with Crippen molar-refractivity contribution in [3.05, 3.63) is 0 Å². The molecule has 0 unspecified atom stereocenters. The number of hydrogen-bond donors (Lipinski definition) is 1. The average molecular weight is 159 g/mol. The second kappa shape index (κ2) is 4.68. The lowest BCUT2D eigenvalue weighted by Crippen LogP contribution is -2.45. The van der Waals surface area contributed by atoms with E-state index in [2.05, 4.69) is 5.43 Å². The molecule has 3 amide bonds. The van der Waals surface area contributed by atoms with Crippen molar-refractivity contribution >= 4 is 12.4 Å². The van der Waals surface area contributed by atoms with Gasteiger partial charge in [0.1, 0.15) is 0 Å². The van der Waals surface area contributed by atoms with Crippen molar-refractivity contribution < 1.29 is 9.59 Å². The Morgan fingerprint density at radius 2 is 2.18 bits per heavy atom. The van der Waals surface area contributed by atoms with Crippen LogP contribution in [0.3, 0.4) is 0 Å². The van der Waals surface area contributed by atoms with Gasteiger partial charge in [0, 0.05) is 20.6 Å². The van der Waals surface area contributed by atoms with Gasteiger partial charge in [-0.1, -0.05) is 0 Å². The fourth-order valence-electron chi connectivity index (χ4n) is 0.543. The zero-order valence-corrected chi connectivity index (χ0v) is 7.00. The second-order valence-corrected chi connectivity index (χ2v) is 1.96. The van der Waals surface area contributed by atoms with Gasteiger partial charge in [-0.2, -0.15) is 0 Å². The third-order valence-corrected chi connectivity index (χ3v) is 1.34. The molecule has 0 bridgehead atoms. The Hall–Kier alpha value is -1.10. The van der Waals surface area contributed by atoms with Gasteiger partial charge < -0.3 is 0 Å². The van der Waals surface area contributed by atoms with Gasteiger partial charge in [0.2, 0.25) is 6.41 Å². The number of nitrogens with zero attached hydrogens (tertiary/aromatic N) is 2. The summed E-state index contributed by atoms with van der Waals surface area (Å²) in [6.07, 6.45) is 0.510. The molecule has 0 aromatic rings. The molecule has 0 aliphatic rings. The maximum absolute atomic E-state index is 11.1. The van der Waals surface area contributed by atoms with Gasteiger partial charge in [0.05, 0.1) is 0 Å². The van der Waals surface area contributed by atoms with Crippen LogP contribution < -0.4 is 5.43 Å². The Bertz CT molecular complexity index is 149. The van der Waals surface area contributed by atoms with E-state index in [-0.39, 0.29) is 6.03 Å². The summed E-state index contributed by atoms with van der Waals surface area (Å²) in [5.41, 5.74) is 2.60. The number of carbonyl (C=O) groups is 2. The van der Waals surface area contributed by atoms with E-state index in [1.54, 1.807) is 21.0 Å². The summed E-state index contributed by atoms with van der Waals surface area (Å²) in [4.78, 5) is 22.4. The summed E-state index contributed by atoms with van der Waals surface area (Å²) in [7, 11) is 3.16. The molecule has 64 valence electrons. The Morgan fingerprint density at radius 3 is 2.45 bits per heavy atom. The number of hydrazine groups is 1. The topological polar surface area (TPSA) is 52.7 Å². The number of imide groups is 1. The summed E-state index contributed by atoms with van der Waals surface area (Å²) in [5, 5.41) is 1.23. The number of amides is 3. The maximum atomic E-state index is 11.1. The summed E-state index contributed by atoms with van der Waals surface area (Å²) in [6, 6.07) is -0.356. The molecule has 1 N–H and O–H groups in total. The molecule has 0 saturated heterocycles. The number of carbonyl (C=O) groups excluding carboxylic acids is 2. The van der Waals surface area contributed by atoms with Crippen LogP contribution in [-0.4, -0.2) is 43.0 Å². The fourth-order valence-corrected chi connectivity index (χ4v) is 0.543. The SMILES string of the molecule is CCN(C=O)C(=O)N(C)NC. The van der Waals surface area contributed by atoms with E-state index in [9.17, 15) is 9.59 Å². The molecule has 5 nitrogen and oxygen atoms in total. The lowest BCUT2D eigenvalue weighted by Gasteiger charge is -2.20. The molecule has 0 saturated carbocycles. The van der Waals surface area contributed by atoms with Crippen LogP contribution in [0.15, 0.2) is 0 Å². The maximum Gasteiger partial charge on any atom is 0.340 e. The van der Waals surface area contributed by atoms with Crippen LogP contribution in [0.1, 0.15) is 6.92 Å². The Morgan fingerprint density at radius 1 is 1.64 bits per heavy atom. The van der Waals surface area contributed by atoms with Crippen molar-refractivity contribution in [1.82, 2.24) is 15.3 Å². The van der Waals surface area contributed by atoms with Crippen molar-refractivity contribution in [3.8, 4) is 0 Å². The minimum Gasteiger partial charge on any atom is -0.278 e. The molecule has 5 heteroatoms. The zero-order chi connectivity index (χ0) is 8.85. The second-order valence-electron chi connectivity index (χ2n) is 1.96. The number of rotatable bonds is 3. The predicted octanol–water partition coefficient (Wildman–Crippen LogP) is -0.349. The first-order valence-electron chi connectivity index (χ1n) is 3.34. The van der Waals surface area contributed by atoms with Crippen LogP contribution in [0.4, 0.5) is 4.79 Å². The van der Waals surface area contributed by atoms with E-state index in [4.69, 9.17) is 0 Å². The van der Waals surface area contributed by atoms with E-state index in [0.717, 1.165) is 4.90 Å². The zero-order valence-electron chi connectivity index (χ0n) is 7.00. The van der Waals surface area contributed by atoms with Gasteiger partial charge in [0.25, 0.3) is 0 Å². The van der Waals surface area contributed by atoms with Crippen molar-refractivity contribution in [2.75, 3.05) is 20.6 Å². The first-order valence-corrected chi connectivity index (χ1v) is 3.34. The van der Waals surface area contributed by atoms with Crippen molar-refractivity contribution in [3.63, 3.8) is 0 Å². The highest BCUT2D eigenvalue weighted by Crippen LogP contribution is 1.88. The van der Waals surface area contributed by atoms with E-state index >= 15 is 0 Å². The van der Waals surface area contributed by atoms with Gasteiger partial charge in [-0.3, -0.25) is 14.7 Å². The molecular formula is C6H13N3O2. The molecule has 0 heterocycles. The van der Waals surface area contributed by atoms with E-state index in [1.165, 1.54) is 5.01 Å². The van der Waals surface area contributed by atoms with E-state index < -0.39 is 0 Å². The average Bonchev–Trinajstić information content (AvgIpc) is 2.05. The minimum absolute atomic E-state index is 0.356. The molecular weight excluding hydrogens is 146 g/mol. The monoisotopic (exact) mass is 159 g/mol. The highest BCUT2D eigenvalue weighted by atomic mass is 16.2. The van der Waals surface area contributed by atoms with Crippen molar-refractivity contribution in [1.29, 1.82) is 0 Å². The fraction of sp³-hybridized carbons (Fsp3) is 0.667. The lowest BCUT2D eigenvalue weighted by molar-refractivity contribution is -0.116. The lowest BCUT2D eigenvalue weighted by atomic mass is 10.6. The smallest absolute Gasteiger partial charge is 0.278 e. The minimum atomic E-state index is -0.356. The summed E-state index contributed by atoms with van der Waals surface area (Å²) in [6.45, 7) is 2.12. The first kappa shape index (κ1) is 9.90. The highest BCUT2D eigenvalue weighted by molar-refractivity contribution is 5.84. The van der Waals surface area contributed by atoms with Crippen molar-refractivity contribution in [2.24, 2.45) is 0 Å². The molecule has 11 heavy (non-hydrogen) atoms. The van der Waals surface area contributed by atoms with E-state index in [1.807, 2.05) is 0 Å². The Labute approximate surface area is 65.9 Å². The van der Waals surface area contributed by atoms with Gasteiger partial charge >= 0.3 is 6.03 Å². The van der Waals surface area contributed by atoms with Crippen LogP contribution in [0.2, 0.25) is 0 Å². The normalized spacial score (nSPS) is 9.00. The molecule has 0 aromatic heterocycles.